The van der Waals surface area contributed by atoms with Crippen LogP contribution in [0.2, 0.25) is 0 Å². The molecule has 1 aliphatic heterocycles. The predicted octanol–water partition coefficient (Wildman–Crippen LogP) is 2.53. The molecule has 1 amide bonds. The monoisotopic (exact) mass is 343 g/mol. The van der Waals surface area contributed by atoms with E-state index in [0.29, 0.717) is 28.0 Å². The summed E-state index contributed by atoms with van der Waals surface area (Å²) in [5.74, 6) is 1.02. The minimum Gasteiger partial charge on any atom is -0.496 e. The first kappa shape index (κ1) is 16.3. The number of aromatic amines is 1. The molecule has 3 rings (SSSR count). The molecule has 0 unspecified atom stereocenters. The van der Waals surface area contributed by atoms with E-state index < -0.39 is 0 Å². The van der Waals surface area contributed by atoms with Gasteiger partial charge in [0.1, 0.15) is 11.6 Å². The predicted molar refractivity (Wildman–Crippen MR) is 93.9 cm³/mol. The number of thioether (sulfide) groups is 1. The number of carbonyl (C=O) groups excluding carboxylic acids is 1. The van der Waals surface area contributed by atoms with Crippen molar-refractivity contribution in [2.75, 3.05) is 18.2 Å². The van der Waals surface area contributed by atoms with Crippen LogP contribution in [0.25, 0.3) is 0 Å². The molecule has 0 aliphatic carbocycles. The zero-order valence-corrected chi connectivity index (χ0v) is 14.0. The van der Waals surface area contributed by atoms with E-state index in [0.717, 1.165) is 5.56 Å². The lowest BCUT2D eigenvalue weighted by molar-refractivity contribution is -0.116. The summed E-state index contributed by atoms with van der Waals surface area (Å²) in [6.07, 6.45) is 1.90. The van der Waals surface area contributed by atoms with E-state index in [4.69, 9.17) is 4.74 Å². The molecule has 0 saturated carbocycles. The Labute approximate surface area is 143 Å². The second kappa shape index (κ2) is 6.92. The molecule has 0 radical (unpaired) electrons. The Morgan fingerprint density at radius 1 is 1.42 bits per heavy atom. The van der Waals surface area contributed by atoms with Crippen molar-refractivity contribution in [3.05, 3.63) is 58.4 Å². The lowest BCUT2D eigenvalue weighted by Crippen LogP contribution is -2.31. The highest BCUT2D eigenvalue weighted by atomic mass is 32.2. The fourth-order valence-electron chi connectivity index (χ4n) is 2.78. The van der Waals surface area contributed by atoms with Gasteiger partial charge in [0.25, 0.3) is 5.56 Å². The number of H-pyrrole nitrogens is 1. The van der Waals surface area contributed by atoms with Crippen molar-refractivity contribution in [1.82, 2.24) is 9.97 Å². The van der Waals surface area contributed by atoms with Crippen LogP contribution in [-0.4, -0.2) is 28.7 Å². The van der Waals surface area contributed by atoms with Crippen LogP contribution in [0.3, 0.4) is 0 Å². The Morgan fingerprint density at radius 3 is 2.96 bits per heavy atom. The van der Waals surface area contributed by atoms with E-state index in [2.05, 4.69) is 21.9 Å². The maximum atomic E-state index is 12.6. The molecule has 0 bridgehead atoms. The molecule has 2 N–H and O–H groups in total. The van der Waals surface area contributed by atoms with E-state index in [-0.39, 0.29) is 23.8 Å². The Morgan fingerprint density at radius 2 is 2.21 bits per heavy atom. The fraction of sp³-hybridized carbons (Fsp3) is 0.235. The molecule has 0 saturated heterocycles. The third kappa shape index (κ3) is 3.07. The van der Waals surface area contributed by atoms with Gasteiger partial charge in [0, 0.05) is 23.7 Å². The summed E-state index contributed by atoms with van der Waals surface area (Å²) in [5, 5.41) is 3.16. The van der Waals surface area contributed by atoms with Gasteiger partial charge >= 0.3 is 0 Å². The lowest BCUT2D eigenvalue weighted by Gasteiger charge is -2.25. The second-order valence-electron chi connectivity index (χ2n) is 5.28. The van der Waals surface area contributed by atoms with E-state index in [1.54, 1.807) is 13.2 Å². The molecular formula is C17H17N3O3S. The van der Waals surface area contributed by atoms with Crippen molar-refractivity contribution >= 4 is 23.5 Å². The van der Waals surface area contributed by atoms with Crippen LogP contribution in [0, 0.1) is 0 Å². The molecule has 0 fully saturated rings. The van der Waals surface area contributed by atoms with E-state index in [1.807, 2.05) is 24.3 Å². The quantitative estimate of drug-likeness (QED) is 0.495. The minimum atomic E-state index is -0.389. The number of nitrogens with zero attached hydrogens (tertiary/aromatic N) is 1. The van der Waals surface area contributed by atoms with E-state index in [9.17, 15) is 9.59 Å². The molecule has 1 aromatic carbocycles. The van der Waals surface area contributed by atoms with Crippen LogP contribution < -0.4 is 15.6 Å². The van der Waals surface area contributed by atoms with Gasteiger partial charge in [0.2, 0.25) is 5.91 Å². The largest absolute Gasteiger partial charge is 0.496 e. The molecular weight excluding hydrogens is 326 g/mol. The first-order valence-corrected chi connectivity index (χ1v) is 8.43. The molecule has 124 valence electrons. The van der Waals surface area contributed by atoms with Gasteiger partial charge in [0.15, 0.2) is 5.16 Å². The topological polar surface area (TPSA) is 84.1 Å². The van der Waals surface area contributed by atoms with Crippen molar-refractivity contribution in [3.63, 3.8) is 0 Å². The number of methoxy groups -OCH3 is 1. The van der Waals surface area contributed by atoms with Crippen LogP contribution in [0.15, 0.2) is 46.9 Å². The number of para-hydroxylation sites is 1. The average molecular weight is 343 g/mol. The number of aromatic nitrogens is 2. The lowest BCUT2D eigenvalue weighted by atomic mass is 9.86. The number of hydrogen-bond donors (Lipinski definition) is 2. The molecule has 6 nitrogen and oxygen atoms in total. The van der Waals surface area contributed by atoms with Crippen molar-refractivity contribution < 1.29 is 9.53 Å². The number of carbonyl (C=O) groups is 1. The number of rotatable bonds is 5. The van der Waals surface area contributed by atoms with Crippen molar-refractivity contribution in [2.24, 2.45) is 0 Å². The fourth-order valence-corrected chi connectivity index (χ4v) is 3.37. The Bertz CT molecular complexity index is 847. The Balaban J connectivity index is 2.11. The van der Waals surface area contributed by atoms with E-state index in [1.165, 1.54) is 11.8 Å². The van der Waals surface area contributed by atoms with Crippen LogP contribution in [0.4, 0.5) is 5.82 Å². The minimum absolute atomic E-state index is 0.170. The van der Waals surface area contributed by atoms with E-state index >= 15 is 0 Å². The van der Waals surface area contributed by atoms with Gasteiger partial charge < -0.3 is 15.0 Å². The number of ether oxygens (including phenoxy) is 1. The summed E-state index contributed by atoms with van der Waals surface area (Å²) < 4.78 is 5.39. The zero-order chi connectivity index (χ0) is 17.1. The molecule has 7 heteroatoms. The molecule has 2 heterocycles. The summed E-state index contributed by atoms with van der Waals surface area (Å²) in [5.41, 5.74) is 1.01. The molecule has 2 aromatic rings. The first-order chi connectivity index (χ1) is 11.6. The van der Waals surface area contributed by atoms with Gasteiger partial charge in [-0.1, -0.05) is 36.0 Å². The van der Waals surface area contributed by atoms with Gasteiger partial charge in [0.05, 0.1) is 12.7 Å². The van der Waals surface area contributed by atoms with Crippen LogP contribution >= 0.6 is 11.8 Å². The molecule has 1 aromatic heterocycles. The number of anilines is 1. The normalized spacial score (nSPS) is 16.2. The van der Waals surface area contributed by atoms with Crippen molar-refractivity contribution in [2.45, 2.75) is 17.5 Å². The smallest absolute Gasteiger partial charge is 0.257 e. The zero-order valence-electron chi connectivity index (χ0n) is 13.2. The molecule has 1 aliphatic rings. The number of benzene rings is 1. The highest BCUT2D eigenvalue weighted by molar-refractivity contribution is 7.99. The first-order valence-electron chi connectivity index (χ1n) is 7.44. The standard InChI is InChI=1S/C17H17N3O3S/c1-3-8-24-17-19-15-14(16(22)20-17)11(9-13(21)18-15)10-6-4-5-7-12(10)23-2/h3-7,11H,1,8-9H2,2H3,(H2,18,19,20,21,22)/t11-/m0/s1. The Kier molecular flexibility index (Phi) is 4.71. The molecule has 0 spiro atoms. The maximum absolute atomic E-state index is 12.6. The van der Waals surface area contributed by atoms with Crippen molar-refractivity contribution in [3.8, 4) is 5.75 Å². The highest BCUT2D eigenvalue weighted by Gasteiger charge is 2.32. The van der Waals surface area contributed by atoms with Gasteiger partial charge in [-0.2, -0.15) is 0 Å². The third-order valence-corrected chi connectivity index (χ3v) is 4.65. The van der Waals surface area contributed by atoms with Gasteiger partial charge in [-0.05, 0) is 6.07 Å². The van der Waals surface area contributed by atoms with Crippen LogP contribution in [0.1, 0.15) is 23.5 Å². The number of amides is 1. The highest BCUT2D eigenvalue weighted by Crippen LogP contribution is 2.38. The SMILES string of the molecule is C=CCSc1nc2c(c(=O)[nH]1)[C@H](c1ccccc1OC)CC(=O)N2. The maximum Gasteiger partial charge on any atom is 0.257 e. The van der Waals surface area contributed by atoms with Gasteiger partial charge in [-0.15, -0.1) is 6.58 Å². The van der Waals surface area contributed by atoms with Crippen molar-refractivity contribution in [1.29, 1.82) is 0 Å². The number of nitrogens with one attached hydrogen (secondary N) is 2. The molecule has 24 heavy (non-hydrogen) atoms. The summed E-state index contributed by atoms with van der Waals surface area (Å²) in [6, 6.07) is 7.40. The van der Waals surface area contributed by atoms with Gasteiger partial charge in [-0.25, -0.2) is 4.98 Å². The van der Waals surface area contributed by atoms with Crippen LogP contribution in [0.5, 0.6) is 5.75 Å². The molecule has 1 atom stereocenters. The number of fused-ring (bicyclic) bond motifs is 1. The summed E-state index contributed by atoms with van der Waals surface area (Å²) in [7, 11) is 1.57. The average Bonchev–Trinajstić information content (AvgIpc) is 2.58. The van der Waals surface area contributed by atoms with Crippen LogP contribution in [-0.2, 0) is 4.79 Å². The summed E-state index contributed by atoms with van der Waals surface area (Å²) in [4.78, 5) is 31.9. The number of hydrogen-bond acceptors (Lipinski definition) is 5. The Hall–Kier alpha value is -2.54. The summed E-state index contributed by atoms with van der Waals surface area (Å²) in [6.45, 7) is 3.64. The van der Waals surface area contributed by atoms with Gasteiger partial charge in [-0.3, -0.25) is 9.59 Å². The summed E-state index contributed by atoms with van der Waals surface area (Å²) >= 11 is 1.35. The third-order valence-electron chi connectivity index (χ3n) is 3.78. The second-order valence-corrected chi connectivity index (χ2v) is 6.29.